The summed E-state index contributed by atoms with van der Waals surface area (Å²) in [6.07, 6.45) is 1.64. The molecular weight excluding hydrogens is 260 g/mol. The van der Waals surface area contributed by atoms with Crippen LogP contribution >= 0.6 is 0 Å². The summed E-state index contributed by atoms with van der Waals surface area (Å²) in [5.74, 6) is 0. The van der Waals surface area contributed by atoms with Crippen molar-refractivity contribution in [2.45, 2.75) is 32.9 Å². The molecular formula is C13H16N4O3. The van der Waals surface area contributed by atoms with E-state index in [4.69, 9.17) is 0 Å². The van der Waals surface area contributed by atoms with Crippen LogP contribution in [0, 0.1) is 17.0 Å². The van der Waals surface area contributed by atoms with E-state index in [1.54, 1.807) is 37.7 Å². The molecule has 1 aromatic carbocycles. The van der Waals surface area contributed by atoms with Crippen molar-refractivity contribution in [1.29, 1.82) is 0 Å². The molecule has 1 heterocycles. The molecule has 0 bridgehead atoms. The largest absolute Gasteiger partial charge is 0.384 e. The highest BCUT2D eigenvalue weighted by Gasteiger charge is 2.20. The van der Waals surface area contributed by atoms with Crippen LogP contribution in [0.15, 0.2) is 24.4 Å². The van der Waals surface area contributed by atoms with Gasteiger partial charge >= 0.3 is 0 Å². The van der Waals surface area contributed by atoms with Gasteiger partial charge in [0.15, 0.2) is 0 Å². The molecule has 1 aromatic heterocycles. The third-order valence-corrected chi connectivity index (χ3v) is 3.11. The Bertz CT molecular complexity index is 643. The molecule has 0 aliphatic carbocycles. The fourth-order valence-corrected chi connectivity index (χ4v) is 1.87. The summed E-state index contributed by atoms with van der Waals surface area (Å²) in [5, 5.41) is 28.6. The molecule has 0 amide bonds. The number of nitro benzene ring substituents is 1. The first-order valence-corrected chi connectivity index (χ1v) is 6.15. The lowest BCUT2D eigenvalue weighted by Crippen LogP contribution is -2.15. The molecule has 0 fully saturated rings. The Morgan fingerprint density at radius 2 is 2.15 bits per heavy atom. The van der Waals surface area contributed by atoms with E-state index in [-0.39, 0.29) is 5.69 Å². The fraction of sp³-hybridized carbons (Fsp3) is 0.385. The Labute approximate surface area is 116 Å². The Morgan fingerprint density at radius 3 is 2.70 bits per heavy atom. The molecule has 0 unspecified atom stereocenters. The maximum atomic E-state index is 10.9. The third kappa shape index (κ3) is 2.83. The zero-order valence-corrected chi connectivity index (χ0v) is 11.6. The second kappa shape index (κ2) is 5.01. The number of aromatic nitrogens is 3. The zero-order chi connectivity index (χ0) is 14.9. The van der Waals surface area contributed by atoms with Gasteiger partial charge in [0.1, 0.15) is 11.3 Å². The van der Waals surface area contributed by atoms with E-state index in [0.29, 0.717) is 17.8 Å². The Hall–Kier alpha value is -2.28. The smallest absolute Gasteiger partial charge is 0.272 e. The molecule has 2 rings (SSSR count). The summed E-state index contributed by atoms with van der Waals surface area (Å²) in [6, 6.07) is 4.94. The van der Waals surface area contributed by atoms with E-state index in [0.717, 1.165) is 5.56 Å². The quantitative estimate of drug-likeness (QED) is 0.678. The SMILES string of the molecule is Cc1c(Cn2cc(C(C)(C)O)nn2)cccc1[N+](=O)[O-]. The van der Waals surface area contributed by atoms with Crippen LogP contribution in [-0.2, 0) is 12.1 Å². The van der Waals surface area contributed by atoms with Crippen LogP contribution in [0.25, 0.3) is 0 Å². The van der Waals surface area contributed by atoms with Gasteiger partial charge in [-0.3, -0.25) is 10.1 Å². The lowest BCUT2D eigenvalue weighted by molar-refractivity contribution is -0.385. The molecule has 20 heavy (non-hydrogen) atoms. The van der Waals surface area contributed by atoms with Crippen molar-refractivity contribution >= 4 is 5.69 Å². The molecule has 1 N–H and O–H groups in total. The predicted octanol–water partition coefficient (Wildman–Crippen LogP) is 1.77. The maximum absolute atomic E-state index is 10.9. The molecule has 0 aliphatic heterocycles. The predicted molar refractivity (Wildman–Crippen MR) is 72.2 cm³/mol. The molecule has 7 heteroatoms. The molecule has 0 saturated heterocycles. The summed E-state index contributed by atoms with van der Waals surface area (Å²) in [5.41, 5.74) is 0.894. The Morgan fingerprint density at radius 1 is 1.45 bits per heavy atom. The molecule has 0 radical (unpaired) electrons. The van der Waals surface area contributed by atoms with Crippen molar-refractivity contribution in [3.8, 4) is 0 Å². The minimum absolute atomic E-state index is 0.0883. The van der Waals surface area contributed by atoms with E-state index >= 15 is 0 Å². The van der Waals surface area contributed by atoms with Crippen molar-refractivity contribution in [2.24, 2.45) is 0 Å². The van der Waals surface area contributed by atoms with Crippen LogP contribution in [0.5, 0.6) is 0 Å². The van der Waals surface area contributed by atoms with E-state index in [9.17, 15) is 15.2 Å². The van der Waals surface area contributed by atoms with Crippen molar-refractivity contribution < 1.29 is 10.0 Å². The van der Waals surface area contributed by atoms with Crippen LogP contribution in [0.1, 0.15) is 30.7 Å². The van der Waals surface area contributed by atoms with Gasteiger partial charge in [0.05, 0.1) is 17.7 Å². The number of nitrogens with zero attached hydrogens (tertiary/aromatic N) is 4. The topological polar surface area (TPSA) is 94.1 Å². The Kier molecular flexibility index (Phi) is 3.54. The number of aliphatic hydroxyl groups is 1. The standard InChI is InChI=1S/C13H16N4O3/c1-9-10(5-4-6-11(9)17(19)20)7-16-8-12(14-15-16)13(2,3)18/h4-6,8,18H,7H2,1-3H3. The van der Waals surface area contributed by atoms with Gasteiger partial charge in [-0.15, -0.1) is 5.10 Å². The molecule has 0 aliphatic rings. The molecule has 0 saturated carbocycles. The minimum atomic E-state index is -1.06. The number of rotatable bonds is 4. The molecule has 7 nitrogen and oxygen atoms in total. The van der Waals surface area contributed by atoms with Gasteiger partial charge in [-0.1, -0.05) is 17.3 Å². The lowest BCUT2D eigenvalue weighted by Gasteiger charge is -2.11. The van der Waals surface area contributed by atoms with Gasteiger partial charge in [0.25, 0.3) is 5.69 Å². The monoisotopic (exact) mass is 276 g/mol. The van der Waals surface area contributed by atoms with E-state index in [2.05, 4.69) is 10.3 Å². The third-order valence-electron chi connectivity index (χ3n) is 3.11. The average Bonchev–Trinajstić information content (AvgIpc) is 2.80. The van der Waals surface area contributed by atoms with Gasteiger partial charge in [-0.05, 0) is 26.3 Å². The van der Waals surface area contributed by atoms with Crippen LogP contribution in [0.3, 0.4) is 0 Å². The first kappa shape index (κ1) is 14.1. The summed E-state index contributed by atoms with van der Waals surface area (Å²) >= 11 is 0. The minimum Gasteiger partial charge on any atom is -0.384 e. The van der Waals surface area contributed by atoms with Crippen molar-refractivity contribution in [3.63, 3.8) is 0 Å². The van der Waals surface area contributed by atoms with Crippen molar-refractivity contribution in [3.05, 3.63) is 51.3 Å². The highest BCUT2D eigenvalue weighted by molar-refractivity contribution is 5.44. The van der Waals surface area contributed by atoms with Gasteiger partial charge in [-0.25, -0.2) is 4.68 Å². The van der Waals surface area contributed by atoms with E-state index < -0.39 is 10.5 Å². The molecule has 0 spiro atoms. The summed E-state index contributed by atoms with van der Waals surface area (Å²) in [6.45, 7) is 5.33. The van der Waals surface area contributed by atoms with Crippen LogP contribution < -0.4 is 0 Å². The van der Waals surface area contributed by atoms with Crippen molar-refractivity contribution in [2.75, 3.05) is 0 Å². The summed E-state index contributed by atoms with van der Waals surface area (Å²) in [7, 11) is 0. The Balaban J connectivity index is 2.29. The first-order chi connectivity index (χ1) is 9.29. The normalized spacial score (nSPS) is 11.6. The fourth-order valence-electron chi connectivity index (χ4n) is 1.87. The second-order valence-electron chi connectivity index (χ2n) is 5.18. The van der Waals surface area contributed by atoms with Crippen LogP contribution in [0.4, 0.5) is 5.69 Å². The average molecular weight is 276 g/mol. The van der Waals surface area contributed by atoms with Gasteiger partial charge in [-0.2, -0.15) is 0 Å². The molecule has 106 valence electrons. The van der Waals surface area contributed by atoms with Crippen molar-refractivity contribution in [1.82, 2.24) is 15.0 Å². The first-order valence-electron chi connectivity index (χ1n) is 6.15. The highest BCUT2D eigenvalue weighted by Crippen LogP contribution is 2.22. The summed E-state index contributed by atoms with van der Waals surface area (Å²) in [4.78, 5) is 10.5. The van der Waals surface area contributed by atoms with Gasteiger partial charge in [0, 0.05) is 11.6 Å². The zero-order valence-electron chi connectivity index (χ0n) is 11.6. The van der Waals surface area contributed by atoms with E-state index in [1.807, 2.05) is 6.07 Å². The van der Waals surface area contributed by atoms with Gasteiger partial charge < -0.3 is 5.11 Å². The molecule has 0 atom stereocenters. The van der Waals surface area contributed by atoms with Crippen LogP contribution in [-0.4, -0.2) is 25.0 Å². The number of hydrogen-bond acceptors (Lipinski definition) is 5. The lowest BCUT2D eigenvalue weighted by atomic mass is 10.1. The van der Waals surface area contributed by atoms with Crippen LogP contribution in [0.2, 0.25) is 0 Å². The number of benzene rings is 1. The molecule has 2 aromatic rings. The van der Waals surface area contributed by atoms with E-state index in [1.165, 1.54) is 6.07 Å². The number of nitro groups is 1. The second-order valence-corrected chi connectivity index (χ2v) is 5.18. The maximum Gasteiger partial charge on any atom is 0.272 e. The highest BCUT2D eigenvalue weighted by atomic mass is 16.6. The number of hydrogen-bond donors (Lipinski definition) is 1. The van der Waals surface area contributed by atoms with Gasteiger partial charge in [0.2, 0.25) is 0 Å². The summed E-state index contributed by atoms with van der Waals surface area (Å²) < 4.78 is 1.55.